The van der Waals surface area contributed by atoms with Gasteiger partial charge in [-0.1, -0.05) is 26.0 Å². The maximum Gasteiger partial charge on any atom is 0.338 e. The molecule has 0 fully saturated rings. The molecule has 7 heteroatoms. The summed E-state index contributed by atoms with van der Waals surface area (Å²) in [6, 6.07) is 12.1. The van der Waals surface area contributed by atoms with Crippen LogP contribution >= 0.6 is 0 Å². The number of hydrogen-bond donors (Lipinski definition) is 1. The summed E-state index contributed by atoms with van der Waals surface area (Å²) >= 11 is 0. The van der Waals surface area contributed by atoms with E-state index in [4.69, 9.17) is 18.9 Å². The minimum atomic E-state index is -0.613. The Kier molecular flexibility index (Phi) is 8.33. The van der Waals surface area contributed by atoms with Crippen molar-refractivity contribution in [1.82, 2.24) is 5.32 Å². The largest absolute Gasteiger partial charge is 0.497 e. The van der Waals surface area contributed by atoms with Crippen molar-refractivity contribution in [3.63, 3.8) is 0 Å². The molecule has 0 aliphatic rings. The van der Waals surface area contributed by atoms with Gasteiger partial charge in [-0.15, -0.1) is 0 Å². The standard InChI is InChI=1S/C22H27NO6/c1-15(2)13-28-19-10-7-17(11-20(19)27-4)22(25)29-14-21(24)23-12-16-5-8-18(26-3)9-6-16/h5-11,15H,12-14H2,1-4H3,(H,23,24). The highest BCUT2D eigenvalue weighted by molar-refractivity contribution is 5.92. The van der Waals surface area contributed by atoms with Gasteiger partial charge in [0.15, 0.2) is 18.1 Å². The van der Waals surface area contributed by atoms with E-state index in [1.807, 2.05) is 38.1 Å². The first kappa shape index (κ1) is 22.1. The minimum Gasteiger partial charge on any atom is -0.497 e. The van der Waals surface area contributed by atoms with Crippen LogP contribution in [0.15, 0.2) is 42.5 Å². The number of rotatable bonds is 10. The molecular formula is C22H27NO6. The van der Waals surface area contributed by atoms with Crippen molar-refractivity contribution in [3.05, 3.63) is 53.6 Å². The Morgan fingerprint density at radius 3 is 2.31 bits per heavy atom. The predicted octanol–water partition coefficient (Wildman–Crippen LogP) is 3.21. The van der Waals surface area contributed by atoms with Crippen LogP contribution in [0.3, 0.4) is 0 Å². The fourth-order valence-electron chi connectivity index (χ4n) is 2.38. The third kappa shape index (κ3) is 7.03. The summed E-state index contributed by atoms with van der Waals surface area (Å²) in [5, 5.41) is 2.70. The van der Waals surface area contributed by atoms with E-state index in [0.29, 0.717) is 30.6 Å². The van der Waals surface area contributed by atoms with Gasteiger partial charge in [-0.05, 0) is 41.8 Å². The average Bonchev–Trinajstić information content (AvgIpc) is 2.74. The lowest BCUT2D eigenvalue weighted by atomic mass is 10.2. The Morgan fingerprint density at radius 1 is 0.966 bits per heavy atom. The molecule has 156 valence electrons. The van der Waals surface area contributed by atoms with Crippen LogP contribution < -0.4 is 19.5 Å². The number of benzene rings is 2. The maximum atomic E-state index is 12.2. The zero-order valence-electron chi connectivity index (χ0n) is 17.2. The number of esters is 1. The lowest BCUT2D eigenvalue weighted by Gasteiger charge is -2.13. The van der Waals surface area contributed by atoms with E-state index in [1.165, 1.54) is 13.2 Å². The normalized spacial score (nSPS) is 10.4. The molecule has 7 nitrogen and oxygen atoms in total. The summed E-state index contributed by atoms with van der Waals surface area (Å²) in [6.07, 6.45) is 0. The number of nitrogens with one attached hydrogen (secondary N) is 1. The molecule has 0 radical (unpaired) electrons. The van der Waals surface area contributed by atoms with Gasteiger partial charge in [0.25, 0.3) is 5.91 Å². The van der Waals surface area contributed by atoms with Crippen LogP contribution in [0.1, 0.15) is 29.8 Å². The molecule has 0 aliphatic heterocycles. The molecule has 2 aromatic rings. The third-order valence-electron chi connectivity index (χ3n) is 3.95. The van der Waals surface area contributed by atoms with Crippen LogP contribution in [0.2, 0.25) is 0 Å². The first-order valence-electron chi connectivity index (χ1n) is 9.30. The van der Waals surface area contributed by atoms with Crippen molar-refractivity contribution in [2.75, 3.05) is 27.4 Å². The number of ether oxygens (including phenoxy) is 4. The van der Waals surface area contributed by atoms with E-state index in [-0.39, 0.29) is 12.2 Å². The molecule has 2 aromatic carbocycles. The number of carbonyl (C=O) groups excluding carboxylic acids is 2. The zero-order chi connectivity index (χ0) is 21.2. The van der Waals surface area contributed by atoms with Gasteiger partial charge in [0.05, 0.1) is 26.4 Å². The van der Waals surface area contributed by atoms with E-state index in [1.54, 1.807) is 19.2 Å². The first-order chi connectivity index (χ1) is 13.9. The summed E-state index contributed by atoms with van der Waals surface area (Å²) in [6.45, 7) is 4.57. The van der Waals surface area contributed by atoms with Crippen molar-refractivity contribution in [3.8, 4) is 17.2 Å². The molecule has 2 rings (SSSR count). The highest BCUT2D eigenvalue weighted by Gasteiger charge is 2.14. The van der Waals surface area contributed by atoms with Crippen molar-refractivity contribution in [1.29, 1.82) is 0 Å². The van der Waals surface area contributed by atoms with E-state index in [2.05, 4.69) is 5.32 Å². The lowest BCUT2D eigenvalue weighted by Crippen LogP contribution is -2.28. The molecule has 0 unspecified atom stereocenters. The second-order valence-corrected chi connectivity index (χ2v) is 6.77. The van der Waals surface area contributed by atoms with Crippen molar-refractivity contribution in [2.45, 2.75) is 20.4 Å². The molecule has 1 N–H and O–H groups in total. The van der Waals surface area contributed by atoms with Crippen LogP contribution in [-0.2, 0) is 16.1 Å². The smallest absolute Gasteiger partial charge is 0.338 e. The fraction of sp³-hybridized carbons (Fsp3) is 0.364. The summed E-state index contributed by atoms with van der Waals surface area (Å²) in [7, 11) is 3.09. The van der Waals surface area contributed by atoms with Gasteiger partial charge in [-0.3, -0.25) is 4.79 Å². The van der Waals surface area contributed by atoms with Crippen LogP contribution in [0, 0.1) is 5.92 Å². The van der Waals surface area contributed by atoms with E-state index in [0.717, 1.165) is 11.3 Å². The highest BCUT2D eigenvalue weighted by atomic mass is 16.5. The monoisotopic (exact) mass is 401 g/mol. The van der Waals surface area contributed by atoms with Crippen LogP contribution in [0.25, 0.3) is 0 Å². The third-order valence-corrected chi connectivity index (χ3v) is 3.95. The number of hydrogen-bond acceptors (Lipinski definition) is 6. The van der Waals surface area contributed by atoms with Crippen molar-refractivity contribution < 1.29 is 28.5 Å². The Balaban J connectivity index is 1.84. The van der Waals surface area contributed by atoms with Crippen molar-refractivity contribution >= 4 is 11.9 Å². The summed E-state index contributed by atoms with van der Waals surface area (Å²) in [5.41, 5.74) is 1.19. The molecule has 0 saturated heterocycles. The van der Waals surface area contributed by atoms with Crippen LogP contribution in [-0.4, -0.2) is 39.3 Å². The molecule has 0 aromatic heterocycles. The molecular weight excluding hydrogens is 374 g/mol. The summed E-state index contributed by atoms with van der Waals surface area (Å²) in [4.78, 5) is 24.2. The molecule has 0 atom stereocenters. The topological polar surface area (TPSA) is 83.1 Å². The fourth-order valence-corrected chi connectivity index (χ4v) is 2.38. The second kappa shape index (κ2) is 10.9. The Morgan fingerprint density at radius 2 is 1.69 bits per heavy atom. The predicted molar refractivity (Wildman–Crippen MR) is 108 cm³/mol. The molecule has 0 aliphatic carbocycles. The molecule has 0 saturated carbocycles. The van der Waals surface area contributed by atoms with Gasteiger partial charge in [0.1, 0.15) is 5.75 Å². The van der Waals surface area contributed by atoms with E-state index in [9.17, 15) is 9.59 Å². The van der Waals surface area contributed by atoms with Gasteiger partial charge in [0.2, 0.25) is 0 Å². The van der Waals surface area contributed by atoms with E-state index < -0.39 is 11.9 Å². The van der Waals surface area contributed by atoms with E-state index >= 15 is 0 Å². The van der Waals surface area contributed by atoms with Crippen molar-refractivity contribution in [2.24, 2.45) is 5.92 Å². The van der Waals surface area contributed by atoms with Gasteiger partial charge in [-0.2, -0.15) is 0 Å². The molecule has 1 amide bonds. The zero-order valence-corrected chi connectivity index (χ0v) is 17.2. The minimum absolute atomic E-state index is 0.279. The Labute approximate surface area is 170 Å². The Hall–Kier alpha value is -3.22. The molecule has 0 bridgehead atoms. The Bertz CT molecular complexity index is 817. The van der Waals surface area contributed by atoms with Gasteiger partial charge < -0.3 is 24.3 Å². The highest BCUT2D eigenvalue weighted by Crippen LogP contribution is 2.28. The number of methoxy groups -OCH3 is 2. The quantitative estimate of drug-likeness (QED) is 0.616. The van der Waals surface area contributed by atoms with Crippen LogP contribution in [0.4, 0.5) is 0 Å². The molecule has 29 heavy (non-hydrogen) atoms. The first-order valence-corrected chi connectivity index (χ1v) is 9.30. The number of carbonyl (C=O) groups is 2. The van der Waals surface area contributed by atoms with Crippen LogP contribution in [0.5, 0.6) is 17.2 Å². The SMILES string of the molecule is COc1ccc(CNC(=O)COC(=O)c2ccc(OCC(C)C)c(OC)c2)cc1. The summed E-state index contributed by atoms with van der Waals surface area (Å²) in [5.74, 6) is 1.08. The summed E-state index contributed by atoms with van der Waals surface area (Å²) < 4.78 is 21.1. The average molecular weight is 401 g/mol. The van der Waals surface area contributed by atoms with Gasteiger partial charge in [0, 0.05) is 6.54 Å². The molecule has 0 heterocycles. The maximum absolute atomic E-state index is 12.2. The second-order valence-electron chi connectivity index (χ2n) is 6.77. The van der Waals surface area contributed by atoms with Gasteiger partial charge in [-0.25, -0.2) is 4.79 Å². The lowest BCUT2D eigenvalue weighted by molar-refractivity contribution is -0.124. The number of amides is 1. The van der Waals surface area contributed by atoms with Gasteiger partial charge >= 0.3 is 5.97 Å². The molecule has 0 spiro atoms.